The average Bonchev–Trinajstić information content (AvgIpc) is 2.34. The first kappa shape index (κ1) is 21.6. The van der Waals surface area contributed by atoms with Gasteiger partial charge in [-0.05, 0) is 0 Å². The number of halogens is 11. The van der Waals surface area contributed by atoms with E-state index < -0.39 is 49.7 Å². The molecular formula is C8H5F11O4. The summed E-state index contributed by atoms with van der Waals surface area (Å²) in [4.78, 5) is 12.3. The largest absolute Gasteiger partial charge is 0.451 e. The quantitative estimate of drug-likeness (QED) is 0.610. The number of hydrogen-bond donors (Lipinski definition) is 0. The van der Waals surface area contributed by atoms with Gasteiger partial charge >= 0.3 is 30.0 Å². The summed E-state index contributed by atoms with van der Waals surface area (Å²) in [5, 5.41) is 0. The van der Waals surface area contributed by atoms with Crippen LogP contribution in [0, 0.1) is 0 Å². The topological polar surface area (TPSA) is 44.8 Å². The third kappa shape index (κ3) is 4.55. The fraction of sp³-hybridized carbons (Fsp3) is 0.875. The van der Waals surface area contributed by atoms with E-state index in [4.69, 9.17) is 0 Å². The fourth-order valence-electron chi connectivity index (χ4n) is 0.858. The Morgan fingerprint density at radius 1 is 0.913 bits per heavy atom. The number of rotatable bonds is 8. The van der Waals surface area contributed by atoms with Crippen LogP contribution in [0.1, 0.15) is 6.92 Å². The van der Waals surface area contributed by atoms with Gasteiger partial charge in [-0.3, -0.25) is 9.47 Å². The number of carbonyl (C=O) groups excluding carboxylic acids is 1. The predicted octanol–water partition coefficient (Wildman–Crippen LogP) is 3.51. The first-order valence-corrected chi connectivity index (χ1v) is 4.97. The summed E-state index contributed by atoms with van der Waals surface area (Å²) in [5.74, 6) is -14.7. The zero-order valence-electron chi connectivity index (χ0n) is 10.4. The molecule has 0 aliphatic carbocycles. The molecule has 0 amide bonds. The minimum atomic E-state index is -6.62. The van der Waals surface area contributed by atoms with Crippen molar-refractivity contribution in [2.45, 2.75) is 43.7 Å². The van der Waals surface area contributed by atoms with Gasteiger partial charge in [-0.1, -0.05) is 0 Å². The van der Waals surface area contributed by atoms with E-state index in [2.05, 4.69) is 9.47 Å². The molecule has 0 aromatic heterocycles. The second-order valence-electron chi connectivity index (χ2n) is 3.79. The van der Waals surface area contributed by atoms with Gasteiger partial charge in [0.15, 0.2) is 0 Å². The first-order chi connectivity index (χ1) is 10.0. The van der Waals surface area contributed by atoms with Crippen molar-refractivity contribution in [2.75, 3.05) is 0 Å². The van der Waals surface area contributed by atoms with Gasteiger partial charge in [-0.25, -0.2) is 22.9 Å². The lowest BCUT2D eigenvalue weighted by Crippen LogP contribution is -2.59. The van der Waals surface area contributed by atoms with Crippen molar-refractivity contribution in [3.05, 3.63) is 0 Å². The summed E-state index contributed by atoms with van der Waals surface area (Å²) in [6, 6.07) is 0. The van der Waals surface area contributed by atoms with Gasteiger partial charge in [0, 0.05) is 11.4 Å². The highest BCUT2D eigenvalue weighted by Crippen LogP contribution is 2.45. The van der Waals surface area contributed by atoms with Crippen molar-refractivity contribution in [3.63, 3.8) is 0 Å². The molecule has 0 aliphatic rings. The normalized spacial score (nSPS) is 17.8. The lowest BCUT2D eigenvalue weighted by molar-refractivity contribution is -0.488. The van der Waals surface area contributed by atoms with Crippen molar-refractivity contribution >= 4 is 5.97 Å². The van der Waals surface area contributed by atoms with Crippen molar-refractivity contribution in [1.29, 1.82) is 0 Å². The minimum absolute atomic E-state index is 0.671. The summed E-state index contributed by atoms with van der Waals surface area (Å²) in [5.41, 5.74) is 0. The number of hydrogen-bond acceptors (Lipinski definition) is 4. The molecule has 0 aromatic carbocycles. The molecule has 0 spiro atoms. The van der Waals surface area contributed by atoms with Crippen LogP contribution in [0.4, 0.5) is 48.4 Å². The molecule has 0 rings (SSSR count). The van der Waals surface area contributed by atoms with E-state index in [1.165, 1.54) is 0 Å². The van der Waals surface area contributed by atoms with Gasteiger partial charge in [-0.2, -0.15) is 30.7 Å². The maximum absolute atomic E-state index is 13.4. The van der Waals surface area contributed by atoms with Crippen molar-refractivity contribution < 1.29 is 67.6 Å². The summed E-state index contributed by atoms with van der Waals surface area (Å²) in [7, 11) is 0. The highest BCUT2D eigenvalue weighted by Gasteiger charge is 2.72. The van der Waals surface area contributed by atoms with E-state index in [1.54, 1.807) is 0 Å². The lowest BCUT2D eigenvalue weighted by atomic mass is 10.2. The Morgan fingerprint density at radius 3 is 1.65 bits per heavy atom. The molecular weight excluding hydrogens is 369 g/mol. The van der Waals surface area contributed by atoms with Gasteiger partial charge in [0.25, 0.3) is 12.8 Å². The molecule has 0 radical (unpaired) electrons. The van der Waals surface area contributed by atoms with Gasteiger partial charge in [0.05, 0.1) is 0 Å². The van der Waals surface area contributed by atoms with Gasteiger partial charge in [0.2, 0.25) is 0 Å². The van der Waals surface area contributed by atoms with E-state index >= 15 is 0 Å². The Kier molecular flexibility index (Phi) is 6.23. The van der Waals surface area contributed by atoms with Crippen LogP contribution >= 0.6 is 0 Å². The van der Waals surface area contributed by atoms with Crippen LogP contribution in [-0.4, -0.2) is 42.7 Å². The molecule has 0 N–H and O–H groups in total. The van der Waals surface area contributed by atoms with E-state index in [0.29, 0.717) is 0 Å². The monoisotopic (exact) mass is 374 g/mol. The molecule has 0 saturated carbocycles. The minimum Gasteiger partial charge on any atom is -0.273 e. The van der Waals surface area contributed by atoms with Crippen LogP contribution in [0.5, 0.6) is 0 Å². The molecule has 0 heterocycles. The molecule has 15 heteroatoms. The van der Waals surface area contributed by atoms with E-state index in [0.717, 1.165) is 0 Å². The standard InChI is InChI=1S/C8H5F11O4/c1-5(12,13)6(14,4(20)22-19)23-8(17,18)7(15,16)21-3(11)2(9)10/h2-3H,1H3. The zero-order chi connectivity index (χ0) is 18.9. The second kappa shape index (κ2) is 6.62. The first-order valence-electron chi connectivity index (χ1n) is 4.97. The van der Waals surface area contributed by atoms with E-state index in [1.807, 2.05) is 4.94 Å². The zero-order valence-corrected chi connectivity index (χ0v) is 10.4. The van der Waals surface area contributed by atoms with Crippen LogP contribution in [0.2, 0.25) is 0 Å². The molecule has 0 saturated heterocycles. The van der Waals surface area contributed by atoms with Crippen molar-refractivity contribution in [1.82, 2.24) is 0 Å². The summed E-state index contributed by atoms with van der Waals surface area (Å²) >= 11 is 0. The van der Waals surface area contributed by atoms with Crippen LogP contribution in [-0.2, 0) is 19.2 Å². The maximum atomic E-state index is 13.4. The Morgan fingerprint density at radius 2 is 1.35 bits per heavy atom. The summed E-state index contributed by atoms with van der Waals surface area (Å²) in [6.45, 7) is -0.671. The molecule has 0 aliphatic heterocycles. The molecule has 0 bridgehead atoms. The van der Waals surface area contributed by atoms with Gasteiger partial charge in [-0.15, -0.1) is 0 Å². The molecule has 2 unspecified atom stereocenters. The lowest BCUT2D eigenvalue weighted by Gasteiger charge is -2.33. The molecule has 4 nitrogen and oxygen atoms in total. The SMILES string of the molecule is CC(F)(F)C(F)(OC(F)(F)C(F)(F)OC(F)C(F)F)C(=O)OF. The maximum Gasteiger partial charge on any atom is 0.451 e. The smallest absolute Gasteiger partial charge is 0.273 e. The molecule has 23 heavy (non-hydrogen) atoms. The third-order valence-electron chi connectivity index (χ3n) is 1.96. The highest BCUT2D eigenvalue weighted by atomic mass is 19.3. The molecule has 0 fully saturated rings. The number of alkyl halides is 10. The number of ether oxygens (including phenoxy) is 2. The predicted molar refractivity (Wildman–Crippen MR) is 44.6 cm³/mol. The van der Waals surface area contributed by atoms with Crippen molar-refractivity contribution in [2.24, 2.45) is 0 Å². The molecule has 138 valence electrons. The summed E-state index contributed by atoms with van der Waals surface area (Å²) < 4.78 is 142. The van der Waals surface area contributed by atoms with Crippen molar-refractivity contribution in [3.8, 4) is 0 Å². The Hall–Kier alpha value is -1.38. The van der Waals surface area contributed by atoms with Gasteiger partial charge < -0.3 is 0 Å². The van der Waals surface area contributed by atoms with Crippen LogP contribution in [0.15, 0.2) is 0 Å². The number of carbonyl (C=O) groups is 1. The fourth-order valence-corrected chi connectivity index (χ4v) is 0.858. The van der Waals surface area contributed by atoms with Gasteiger partial charge in [0.1, 0.15) is 0 Å². The Bertz CT molecular complexity index is 423. The third-order valence-corrected chi connectivity index (χ3v) is 1.96. The second-order valence-corrected chi connectivity index (χ2v) is 3.79. The van der Waals surface area contributed by atoms with E-state index in [9.17, 15) is 53.2 Å². The van der Waals surface area contributed by atoms with Crippen LogP contribution < -0.4 is 0 Å². The molecule has 0 aromatic rings. The molecule has 2 atom stereocenters. The average molecular weight is 374 g/mol. The Labute approximate surface area is 119 Å². The Balaban J connectivity index is 5.60. The summed E-state index contributed by atoms with van der Waals surface area (Å²) in [6.07, 6.45) is -21.8. The van der Waals surface area contributed by atoms with Crippen LogP contribution in [0.3, 0.4) is 0 Å². The highest BCUT2D eigenvalue weighted by molar-refractivity contribution is 5.78. The van der Waals surface area contributed by atoms with E-state index in [-0.39, 0.29) is 0 Å². The van der Waals surface area contributed by atoms with Crippen LogP contribution in [0.25, 0.3) is 0 Å².